The van der Waals surface area contributed by atoms with Crippen molar-refractivity contribution < 1.29 is 0 Å². The summed E-state index contributed by atoms with van der Waals surface area (Å²) in [5.74, 6) is 0.860. The maximum Gasteiger partial charge on any atom is 0.00669 e. The Morgan fingerprint density at radius 1 is 1.06 bits per heavy atom. The Morgan fingerprint density at radius 3 is 2.25 bits per heavy atom. The van der Waals surface area contributed by atoms with Gasteiger partial charge >= 0.3 is 0 Å². The van der Waals surface area contributed by atoms with Crippen molar-refractivity contribution in [2.75, 3.05) is 27.2 Å². The lowest BCUT2D eigenvalue weighted by atomic mass is 9.98. The quantitative estimate of drug-likeness (QED) is 0.578. The zero-order chi connectivity index (χ0) is 12.4. The fourth-order valence-electron chi connectivity index (χ4n) is 1.91. The second kappa shape index (κ2) is 10.1. The number of hydrogen-bond acceptors (Lipinski definition) is 2. The molecule has 0 rings (SSSR count). The molecule has 0 saturated heterocycles. The first-order valence-corrected chi connectivity index (χ1v) is 6.98. The van der Waals surface area contributed by atoms with Crippen LogP contribution in [0.15, 0.2) is 0 Å². The predicted molar refractivity (Wildman–Crippen MR) is 73.9 cm³/mol. The fourth-order valence-corrected chi connectivity index (χ4v) is 1.91. The highest BCUT2D eigenvalue weighted by Gasteiger charge is 2.08. The van der Waals surface area contributed by atoms with E-state index < -0.39 is 0 Å². The minimum Gasteiger partial charge on any atom is -0.314 e. The van der Waals surface area contributed by atoms with Gasteiger partial charge in [-0.25, -0.2) is 0 Å². The fraction of sp³-hybridized carbons (Fsp3) is 1.00. The summed E-state index contributed by atoms with van der Waals surface area (Å²) in [4.78, 5) is 2.26. The first kappa shape index (κ1) is 15.9. The van der Waals surface area contributed by atoms with Crippen LogP contribution >= 0.6 is 0 Å². The first-order valence-electron chi connectivity index (χ1n) is 6.98. The summed E-state index contributed by atoms with van der Waals surface area (Å²) in [6.45, 7) is 9.33. The lowest BCUT2D eigenvalue weighted by Gasteiger charge is -2.20. The predicted octanol–water partition coefficient (Wildman–Crippen LogP) is 3.13. The molecule has 0 fully saturated rings. The van der Waals surface area contributed by atoms with Crippen molar-refractivity contribution in [1.82, 2.24) is 10.2 Å². The monoisotopic (exact) mass is 228 g/mol. The minimum absolute atomic E-state index is 0.731. The van der Waals surface area contributed by atoms with Gasteiger partial charge < -0.3 is 10.2 Å². The second-order valence-corrected chi connectivity index (χ2v) is 5.32. The van der Waals surface area contributed by atoms with Crippen molar-refractivity contribution in [2.45, 2.75) is 58.9 Å². The lowest BCUT2D eigenvalue weighted by Crippen LogP contribution is -2.31. The van der Waals surface area contributed by atoms with Crippen LogP contribution < -0.4 is 5.32 Å². The number of hydrogen-bond donors (Lipinski definition) is 1. The molecule has 0 aromatic rings. The Balaban J connectivity index is 3.48. The Morgan fingerprint density at radius 2 is 1.75 bits per heavy atom. The molecule has 0 bridgehead atoms. The molecule has 0 radical (unpaired) electrons. The van der Waals surface area contributed by atoms with E-state index in [4.69, 9.17) is 0 Å². The highest BCUT2D eigenvalue weighted by molar-refractivity contribution is 4.68. The third-order valence-electron chi connectivity index (χ3n) is 3.34. The average molecular weight is 228 g/mol. The van der Waals surface area contributed by atoms with E-state index in [1.54, 1.807) is 0 Å². The Hall–Kier alpha value is -0.0800. The molecule has 0 aromatic carbocycles. The van der Waals surface area contributed by atoms with Gasteiger partial charge in [0.1, 0.15) is 0 Å². The molecular formula is C14H32N2. The largest absolute Gasteiger partial charge is 0.314 e. The molecule has 0 aromatic heterocycles. The molecule has 1 N–H and O–H groups in total. The van der Waals surface area contributed by atoms with Gasteiger partial charge in [0.25, 0.3) is 0 Å². The van der Waals surface area contributed by atoms with E-state index in [0.29, 0.717) is 0 Å². The second-order valence-electron chi connectivity index (χ2n) is 5.32. The SMILES string of the molecule is CCC(C)CC(CC)NCCCCN(C)C. The van der Waals surface area contributed by atoms with E-state index in [1.165, 1.54) is 45.2 Å². The van der Waals surface area contributed by atoms with Crippen LogP contribution in [0.4, 0.5) is 0 Å². The molecule has 0 aliphatic heterocycles. The third-order valence-corrected chi connectivity index (χ3v) is 3.34. The molecule has 2 nitrogen and oxygen atoms in total. The number of unbranched alkanes of at least 4 members (excludes halogenated alkanes) is 1. The van der Waals surface area contributed by atoms with Gasteiger partial charge in [-0.05, 0) is 58.8 Å². The van der Waals surface area contributed by atoms with E-state index in [0.717, 1.165) is 12.0 Å². The van der Waals surface area contributed by atoms with Crippen molar-refractivity contribution in [3.8, 4) is 0 Å². The van der Waals surface area contributed by atoms with Crippen LogP contribution in [0.5, 0.6) is 0 Å². The minimum atomic E-state index is 0.731. The number of nitrogens with zero attached hydrogens (tertiary/aromatic N) is 1. The van der Waals surface area contributed by atoms with Crippen molar-refractivity contribution in [1.29, 1.82) is 0 Å². The molecular weight excluding hydrogens is 196 g/mol. The molecule has 2 heteroatoms. The van der Waals surface area contributed by atoms with Crippen molar-refractivity contribution in [2.24, 2.45) is 5.92 Å². The summed E-state index contributed by atoms with van der Waals surface area (Å²) in [6.07, 6.45) is 6.51. The maximum absolute atomic E-state index is 3.69. The van der Waals surface area contributed by atoms with E-state index in [-0.39, 0.29) is 0 Å². The number of nitrogens with one attached hydrogen (secondary N) is 1. The highest BCUT2D eigenvalue weighted by atomic mass is 15.0. The summed E-state index contributed by atoms with van der Waals surface area (Å²) in [5.41, 5.74) is 0. The molecule has 2 unspecified atom stereocenters. The normalized spacial score (nSPS) is 15.4. The van der Waals surface area contributed by atoms with Gasteiger partial charge in [-0.15, -0.1) is 0 Å². The summed E-state index contributed by atoms with van der Waals surface area (Å²) in [6, 6.07) is 0.731. The first-order chi connectivity index (χ1) is 7.60. The molecule has 98 valence electrons. The molecule has 2 atom stereocenters. The smallest absolute Gasteiger partial charge is 0.00669 e. The molecule has 0 heterocycles. The van der Waals surface area contributed by atoms with Gasteiger partial charge in [0.05, 0.1) is 0 Å². The standard InChI is InChI=1S/C14H32N2/c1-6-13(3)12-14(7-2)15-10-8-9-11-16(4)5/h13-15H,6-12H2,1-5H3. The maximum atomic E-state index is 3.69. The van der Waals surface area contributed by atoms with Crippen LogP contribution in [0, 0.1) is 5.92 Å². The van der Waals surface area contributed by atoms with Crippen LogP contribution in [-0.2, 0) is 0 Å². The van der Waals surface area contributed by atoms with Gasteiger partial charge in [0.15, 0.2) is 0 Å². The van der Waals surface area contributed by atoms with E-state index >= 15 is 0 Å². The van der Waals surface area contributed by atoms with Crippen LogP contribution in [-0.4, -0.2) is 38.1 Å². The van der Waals surface area contributed by atoms with Crippen molar-refractivity contribution in [3.05, 3.63) is 0 Å². The van der Waals surface area contributed by atoms with Crippen LogP contribution in [0.2, 0.25) is 0 Å². The zero-order valence-corrected chi connectivity index (χ0v) is 12.1. The van der Waals surface area contributed by atoms with Crippen LogP contribution in [0.25, 0.3) is 0 Å². The Bertz CT molecular complexity index is 146. The van der Waals surface area contributed by atoms with E-state index in [2.05, 4.69) is 45.1 Å². The van der Waals surface area contributed by atoms with E-state index in [9.17, 15) is 0 Å². The topological polar surface area (TPSA) is 15.3 Å². The molecule has 0 aliphatic carbocycles. The van der Waals surface area contributed by atoms with E-state index in [1.807, 2.05) is 0 Å². The highest BCUT2D eigenvalue weighted by Crippen LogP contribution is 2.11. The van der Waals surface area contributed by atoms with Gasteiger partial charge in [-0.3, -0.25) is 0 Å². The van der Waals surface area contributed by atoms with Gasteiger partial charge in [0, 0.05) is 6.04 Å². The Kier molecular flexibility index (Phi) is 10.0. The summed E-state index contributed by atoms with van der Waals surface area (Å²) < 4.78 is 0. The summed E-state index contributed by atoms with van der Waals surface area (Å²) in [5, 5.41) is 3.69. The third kappa shape index (κ3) is 9.17. The summed E-state index contributed by atoms with van der Waals surface area (Å²) in [7, 11) is 4.29. The lowest BCUT2D eigenvalue weighted by molar-refractivity contribution is 0.365. The molecule has 0 spiro atoms. The molecule has 0 saturated carbocycles. The Labute approximate surface area is 103 Å². The molecule has 16 heavy (non-hydrogen) atoms. The molecule has 0 aliphatic rings. The van der Waals surface area contributed by atoms with Gasteiger partial charge in [0.2, 0.25) is 0 Å². The van der Waals surface area contributed by atoms with Crippen LogP contribution in [0.3, 0.4) is 0 Å². The van der Waals surface area contributed by atoms with Gasteiger partial charge in [-0.1, -0.05) is 27.2 Å². The number of rotatable bonds is 10. The zero-order valence-electron chi connectivity index (χ0n) is 12.1. The molecule has 0 amide bonds. The summed E-state index contributed by atoms with van der Waals surface area (Å²) >= 11 is 0. The van der Waals surface area contributed by atoms with Crippen LogP contribution in [0.1, 0.15) is 52.9 Å². The van der Waals surface area contributed by atoms with Crippen molar-refractivity contribution in [3.63, 3.8) is 0 Å². The van der Waals surface area contributed by atoms with Gasteiger partial charge in [-0.2, -0.15) is 0 Å². The van der Waals surface area contributed by atoms with Crippen molar-refractivity contribution >= 4 is 0 Å². The average Bonchev–Trinajstić information content (AvgIpc) is 2.26.